The molecule has 6 atom stereocenters. The predicted octanol–water partition coefficient (Wildman–Crippen LogP) is 7.48. The van der Waals surface area contributed by atoms with Crippen LogP contribution < -0.4 is 4.90 Å². The number of carbonyl (C=O) groups is 4. The van der Waals surface area contributed by atoms with Gasteiger partial charge >= 0.3 is 0 Å². The van der Waals surface area contributed by atoms with Crippen molar-refractivity contribution in [3.63, 3.8) is 0 Å². The van der Waals surface area contributed by atoms with Gasteiger partial charge in [-0.05, 0) is 47.4 Å². The molecule has 2 fully saturated rings. The van der Waals surface area contributed by atoms with Crippen molar-refractivity contribution in [1.29, 1.82) is 0 Å². The second kappa shape index (κ2) is 12.1. The van der Waals surface area contributed by atoms with E-state index < -0.39 is 51.7 Å². The van der Waals surface area contributed by atoms with E-state index in [1.54, 1.807) is 12.1 Å². The number of hydrogen-bond acceptors (Lipinski definition) is 7. The summed E-state index contributed by atoms with van der Waals surface area (Å²) >= 11 is 0. The van der Waals surface area contributed by atoms with Crippen LogP contribution in [0.25, 0.3) is 16.3 Å². The monoisotopic (exact) mass is 700 g/mol. The number of non-ortho nitro benzene ring substituents is 1. The highest BCUT2D eigenvalue weighted by atomic mass is 16.6. The number of carbonyl (C=O) groups excluding carboxylic acids is 4. The summed E-state index contributed by atoms with van der Waals surface area (Å²) in [6, 6.07) is 34.8. The van der Waals surface area contributed by atoms with Crippen molar-refractivity contribution in [2.75, 3.05) is 4.90 Å². The van der Waals surface area contributed by atoms with Gasteiger partial charge in [0.25, 0.3) is 5.69 Å². The number of aromatic hydroxyl groups is 1. The number of allylic oxidation sites excluding steroid dienone is 4. The number of anilines is 1. The minimum Gasteiger partial charge on any atom is -0.507 e. The molecule has 1 saturated carbocycles. The smallest absolute Gasteiger partial charge is 0.271 e. The number of nitro groups is 1. The molecule has 9 nitrogen and oxygen atoms in total. The molecule has 9 heteroatoms. The summed E-state index contributed by atoms with van der Waals surface area (Å²) < 4.78 is 0. The first-order valence-corrected chi connectivity index (χ1v) is 17.7. The number of ketones is 2. The minimum absolute atomic E-state index is 0.0176. The zero-order valence-electron chi connectivity index (χ0n) is 28.3. The molecule has 0 radical (unpaired) electrons. The summed E-state index contributed by atoms with van der Waals surface area (Å²) in [5.74, 6) is -5.68. The molecule has 1 heterocycles. The van der Waals surface area contributed by atoms with Gasteiger partial charge in [0.15, 0.2) is 11.6 Å². The average molecular weight is 701 g/mol. The summed E-state index contributed by atoms with van der Waals surface area (Å²) in [5.41, 5.74) is 1.05. The fraction of sp³-hybridized carbons (Fsp3) is 0.182. The summed E-state index contributed by atoms with van der Waals surface area (Å²) in [5, 5.41) is 25.2. The van der Waals surface area contributed by atoms with Crippen LogP contribution in [0, 0.1) is 33.8 Å². The number of Topliss-reactive ketones (excluding diaryl/α,β-unsaturated/α-hetero) is 1. The third kappa shape index (κ3) is 4.63. The number of hydrogen-bond donors (Lipinski definition) is 1. The zero-order chi connectivity index (χ0) is 36.6. The van der Waals surface area contributed by atoms with E-state index >= 15 is 9.59 Å². The molecule has 3 aliphatic carbocycles. The van der Waals surface area contributed by atoms with Crippen molar-refractivity contribution in [3.05, 3.63) is 166 Å². The lowest BCUT2D eigenvalue weighted by atomic mass is 9.44. The molecule has 0 spiro atoms. The second-order valence-corrected chi connectivity index (χ2v) is 14.3. The van der Waals surface area contributed by atoms with Gasteiger partial charge in [-0.3, -0.25) is 29.3 Å². The number of nitro benzene ring substituents is 1. The van der Waals surface area contributed by atoms with Crippen LogP contribution >= 0.6 is 0 Å². The summed E-state index contributed by atoms with van der Waals surface area (Å²) in [4.78, 5) is 71.2. The summed E-state index contributed by atoms with van der Waals surface area (Å²) in [6.07, 6.45) is 3.67. The third-order valence-electron chi connectivity index (χ3n) is 11.9. The molecule has 1 saturated heterocycles. The molecule has 5 aromatic carbocycles. The molecular formula is C44H32N2O7. The van der Waals surface area contributed by atoms with Gasteiger partial charge in [0.1, 0.15) is 5.75 Å². The van der Waals surface area contributed by atoms with Gasteiger partial charge in [0.2, 0.25) is 11.8 Å². The first-order valence-electron chi connectivity index (χ1n) is 17.7. The maximum absolute atomic E-state index is 15.3. The fourth-order valence-electron chi connectivity index (χ4n) is 9.72. The van der Waals surface area contributed by atoms with Gasteiger partial charge in [0, 0.05) is 40.5 Å². The van der Waals surface area contributed by atoms with E-state index in [4.69, 9.17) is 0 Å². The molecule has 0 bridgehead atoms. The van der Waals surface area contributed by atoms with Gasteiger partial charge in [-0.25, -0.2) is 4.90 Å². The van der Waals surface area contributed by atoms with Crippen LogP contribution in [0.2, 0.25) is 0 Å². The lowest BCUT2D eigenvalue weighted by Gasteiger charge is -2.55. The Bertz CT molecular complexity index is 2470. The number of imide groups is 1. The van der Waals surface area contributed by atoms with Crippen LogP contribution in [0.4, 0.5) is 11.4 Å². The molecule has 6 unspecified atom stereocenters. The summed E-state index contributed by atoms with van der Waals surface area (Å²) in [6.45, 7) is 0. The van der Waals surface area contributed by atoms with Gasteiger partial charge in [-0.2, -0.15) is 0 Å². The van der Waals surface area contributed by atoms with E-state index in [-0.39, 0.29) is 47.1 Å². The van der Waals surface area contributed by atoms with Crippen molar-refractivity contribution >= 4 is 51.1 Å². The Morgan fingerprint density at radius 2 is 1.49 bits per heavy atom. The van der Waals surface area contributed by atoms with Crippen LogP contribution in [-0.4, -0.2) is 33.4 Å². The Morgan fingerprint density at radius 3 is 2.25 bits per heavy atom. The molecule has 0 aromatic heterocycles. The normalized spacial score (nSPS) is 26.4. The third-order valence-corrected chi connectivity index (χ3v) is 11.9. The Labute approximate surface area is 304 Å². The number of benzene rings is 5. The SMILES string of the molecule is O=C1C(c2ccccc2)=CC(=O)C2(c3ccccc3)C1CC1C(=CCC3C(=O)N(c4cccc([N+](=O)[O-])c4)C(=O)C31)C2c1ccc2ccccc2c1O. The van der Waals surface area contributed by atoms with Gasteiger partial charge in [-0.1, -0.05) is 115 Å². The second-order valence-electron chi connectivity index (χ2n) is 14.3. The van der Waals surface area contributed by atoms with Crippen molar-refractivity contribution in [2.45, 2.75) is 24.2 Å². The van der Waals surface area contributed by atoms with E-state index in [0.29, 0.717) is 22.1 Å². The van der Waals surface area contributed by atoms with E-state index in [2.05, 4.69) is 0 Å². The highest BCUT2D eigenvalue weighted by Gasteiger charge is 2.66. The topological polar surface area (TPSA) is 135 Å². The van der Waals surface area contributed by atoms with Crippen LogP contribution in [0.15, 0.2) is 139 Å². The number of nitrogens with zero attached hydrogens (tertiary/aromatic N) is 2. The predicted molar refractivity (Wildman–Crippen MR) is 198 cm³/mol. The van der Waals surface area contributed by atoms with E-state index in [1.807, 2.05) is 91.0 Å². The van der Waals surface area contributed by atoms with Crippen LogP contribution in [0.1, 0.15) is 35.4 Å². The molecule has 5 aromatic rings. The van der Waals surface area contributed by atoms with Crippen molar-refractivity contribution in [1.82, 2.24) is 0 Å². The lowest BCUT2D eigenvalue weighted by molar-refractivity contribution is -0.384. The molecular weight excluding hydrogens is 668 g/mol. The summed E-state index contributed by atoms with van der Waals surface area (Å²) in [7, 11) is 0. The Kier molecular flexibility index (Phi) is 7.37. The first kappa shape index (κ1) is 32.4. The number of phenolic OH excluding ortho intramolecular Hbond substituents is 1. The molecule has 9 rings (SSSR count). The maximum Gasteiger partial charge on any atom is 0.271 e. The maximum atomic E-state index is 15.3. The van der Waals surface area contributed by atoms with Crippen LogP contribution in [0.3, 0.4) is 0 Å². The van der Waals surface area contributed by atoms with Crippen molar-refractivity contribution in [2.24, 2.45) is 23.7 Å². The van der Waals surface area contributed by atoms with E-state index in [9.17, 15) is 24.8 Å². The molecule has 53 heavy (non-hydrogen) atoms. The average Bonchev–Trinajstić information content (AvgIpc) is 3.45. The number of rotatable bonds is 5. The molecule has 2 amide bonds. The Morgan fingerprint density at radius 1 is 0.774 bits per heavy atom. The molecule has 1 N–H and O–H groups in total. The largest absolute Gasteiger partial charge is 0.507 e. The van der Waals surface area contributed by atoms with Crippen molar-refractivity contribution in [3.8, 4) is 5.75 Å². The molecule has 4 aliphatic rings. The standard InChI is InChI=1S/C44H32N2O7/c47-37-24-34(25-10-3-1-4-11-25)41(49)36-23-35-31(20-21-32-38(35)43(51)45(42(32)50)28-15-9-16-29(22-28)46(52)53)39(44(36,37)27-13-5-2-6-14-27)33-19-18-26-12-7-8-17-30(26)40(33)48/h1-20,22,24,32,35-36,38-39,48H,21,23H2. The van der Waals surface area contributed by atoms with E-state index in [0.717, 1.165) is 15.9 Å². The number of fused-ring (bicyclic) bond motifs is 5. The Balaban J connectivity index is 1.29. The van der Waals surface area contributed by atoms with Gasteiger partial charge in [-0.15, -0.1) is 0 Å². The number of phenols is 1. The Hall–Kier alpha value is -6.48. The molecule has 260 valence electrons. The quantitative estimate of drug-likeness (QED) is 0.0869. The zero-order valence-corrected chi connectivity index (χ0v) is 28.3. The van der Waals surface area contributed by atoms with Gasteiger partial charge < -0.3 is 5.11 Å². The molecule has 1 aliphatic heterocycles. The van der Waals surface area contributed by atoms with Crippen LogP contribution in [0.5, 0.6) is 5.75 Å². The van der Waals surface area contributed by atoms with Gasteiger partial charge in [0.05, 0.1) is 27.9 Å². The minimum atomic E-state index is -1.49. The highest BCUT2D eigenvalue weighted by molar-refractivity contribution is 6.32. The van der Waals surface area contributed by atoms with Crippen molar-refractivity contribution < 1.29 is 29.2 Å². The fourth-order valence-corrected chi connectivity index (χ4v) is 9.72. The van der Waals surface area contributed by atoms with Crippen LogP contribution in [-0.2, 0) is 24.6 Å². The first-order chi connectivity index (χ1) is 25.7. The highest BCUT2D eigenvalue weighted by Crippen LogP contribution is 2.64. The van der Waals surface area contributed by atoms with E-state index in [1.165, 1.54) is 30.3 Å². The number of amides is 2. The lowest BCUT2D eigenvalue weighted by Crippen LogP contribution is -2.58.